The van der Waals surface area contributed by atoms with E-state index in [1.54, 1.807) is 24.3 Å². The Hall–Kier alpha value is -2.43. The monoisotopic (exact) mass is 344 g/mol. The molecule has 3 rings (SSSR count). The number of urea groups is 1. The zero-order valence-electron chi connectivity index (χ0n) is 14.1. The van der Waals surface area contributed by atoms with Crippen molar-refractivity contribution in [2.24, 2.45) is 0 Å². The lowest BCUT2D eigenvalue weighted by Crippen LogP contribution is -2.29. The summed E-state index contributed by atoms with van der Waals surface area (Å²) in [7, 11) is 0. The first-order valence-corrected chi connectivity index (χ1v) is 8.67. The van der Waals surface area contributed by atoms with Crippen LogP contribution in [0.25, 0.3) is 0 Å². The van der Waals surface area contributed by atoms with Gasteiger partial charge in [-0.15, -0.1) is 0 Å². The lowest BCUT2D eigenvalue weighted by Gasteiger charge is -2.19. The van der Waals surface area contributed by atoms with Crippen molar-refractivity contribution in [2.75, 3.05) is 19.6 Å². The Labute approximate surface area is 146 Å². The molecule has 25 heavy (non-hydrogen) atoms. The van der Waals surface area contributed by atoms with E-state index < -0.39 is 0 Å². The van der Waals surface area contributed by atoms with Crippen LogP contribution in [-0.2, 0) is 0 Å². The third kappa shape index (κ3) is 4.56. The van der Waals surface area contributed by atoms with Crippen molar-refractivity contribution in [2.45, 2.75) is 25.2 Å². The normalized spacial score (nSPS) is 14.2. The van der Waals surface area contributed by atoms with E-state index >= 15 is 0 Å². The number of halogens is 2. The molecule has 0 aromatic heterocycles. The average Bonchev–Trinajstić information content (AvgIpc) is 3.02. The van der Waals surface area contributed by atoms with Gasteiger partial charge in [0.15, 0.2) is 0 Å². The molecular formula is C20H22F2N2O. The van der Waals surface area contributed by atoms with Gasteiger partial charge in [-0.2, -0.15) is 0 Å². The molecule has 0 aliphatic carbocycles. The van der Waals surface area contributed by atoms with Gasteiger partial charge in [0.25, 0.3) is 0 Å². The second kappa shape index (κ2) is 8.10. The lowest BCUT2D eigenvalue weighted by molar-refractivity contribution is 0.216. The van der Waals surface area contributed by atoms with Crippen LogP contribution in [0.15, 0.2) is 48.5 Å². The predicted octanol–water partition coefficient (Wildman–Crippen LogP) is 4.29. The van der Waals surface area contributed by atoms with E-state index in [1.807, 2.05) is 4.90 Å². The Morgan fingerprint density at radius 1 is 0.920 bits per heavy atom. The molecule has 1 heterocycles. The molecular weight excluding hydrogens is 322 g/mol. The van der Waals surface area contributed by atoms with Crippen molar-refractivity contribution in [3.8, 4) is 0 Å². The summed E-state index contributed by atoms with van der Waals surface area (Å²) in [6.45, 7) is 2.22. The van der Waals surface area contributed by atoms with Crippen LogP contribution in [0.1, 0.15) is 36.3 Å². The zero-order valence-corrected chi connectivity index (χ0v) is 14.1. The molecule has 1 saturated heterocycles. The first kappa shape index (κ1) is 17.4. The molecule has 0 radical (unpaired) electrons. The van der Waals surface area contributed by atoms with Gasteiger partial charge < -0.3 is 10.2 Å². The Morgan fingerprint density at radius 3 is 1.96 bits per heavy atom. The van der Waals surface area contributed by atoms with Gasteiger partial charge in [0.1, 0.15) is 11.6 Å². The van der Waals surface area contributed by atoms with Gasteiger partial charge in [-0.1, -0.05) is 30.7 Å². The highest BCUT2D eigenvalue weighted by molar-refractivity contribution is 5.76. The standard InChI is InChI=1S/C20H22F2N2O/c21-17-8-4-15(5-9-17)19(16-6-10-18(22)11-7-16)3-1-2-13-24-14-12-23-20(24)25/h4-11,19H,1-3,12-14H2,(H,23,25). The number of hydrogen-bond donors (Lipinski definition) is 1. The molecule has 0 spiro atoms. The summed E-state index contributed by atoms with van der Waals surface area (Å²) in [6, 6.07) is 13.0. The average molecular weight is 344 g/mol. The fourth-order valence-electron chi connectivity index (χ4n) is 3.29. The van der Waals surface area contributed by atoms with E-state index in [0.29, 0.717) is 6.54 Å². The molecule has 3 nitrogen and oxygen atoms in total. The first-order valence-electron chi connectivity index (χ1n) is 8.67. The largest absolute Gasteiger partial charge is 0.336 e. The van der Waals surface area contributed by atoms with Crippen molar-refractivity contribution in [1.82, 2.24) is 10.2 Å². The van der Waals surface area contributed by atoms with Gasteiger partial charge in [-0.25, -0.2) is 13.6 Å². The number of hydrogen-bond acceptors (Lipinski definition) is 1. The second-order valence-corrected chi connectivity index (χ2v) is 6.37. The number of nitrogens with one attached hydrogen (secondary N) is 1. The van der Waals surface area contributed by atoms with Crippen LogP contribution in [0.5, 0.6) is 0 Å². The number of carbonyl (C=O) groups excluding carboxylic acids is 1. The number of carbonyl (C=O) groups is 1. The van der Waals surface area contributed by atoms with Crippen LogP contribution in [0, 0.1) is 11.6 Å². The number of benzene rings is 2. The van der Waals surface area contributed by atoms with Gasteiger partial charge in [0.05, 0.1) is 0 Å². The summed E-state index contributed by atoms with van der Waals surface area (Å²) in [5.41, 5.74) is 2.04. The summed E-state index contributed by atoms with van der Waals surface area (Å²) in [5, 5.41) is 2.80. The maximum Gasteiger partial charge on any atom is 0.317 e. The van der Waals surface area contributed by atoms with Gasteiger partial charge in [-0.05, 0) is 48.2 Å². The van der Waals surface area contributed by atoms with E-state index in [4.69, 9.17) is 0 Å². The van der Waals surface area contributed by atoms with Gasteiger partial charge in [0, 0.05) is 25.6 Å². The Balaban J connectivity index is 1.65. The molecule has 0 bridgehead atoms. The van der Waals surface area contributed by atoms with Crippen LogP contribution < -0.4 is 5.32 Å². The summed E-state index contributed by atoms with van der Waals surface area (Å²) < 4.78 is 26.5. The highest BCUT2D eigenvalue weighted by Gasteiger charge is 2.19. The van der Waals surface area contributed by atoms with Crippen LogP contribution in [0.2, 0.25) is 0 Å². The van der Waals surface area contributed by atoms with Crippen LogP contribution >= 0.6 is 0 Å². The van der Waals surface area contributed by atoms with E-state index in [-0.39, 0.29) is 23.6 Å². The number of rotatable bonds is 7. The fraction of sp³-hybridized carbons (Fsp3) is 0.350. The Kier molecular flexibility index (Phi) is 5.64. The molecule has 0 saturated carbocycles. The minimum absolute atomic E-state index is 0.00798. The fourth-order valence-corrected chi connectivity index (χ4v) is 3.29. The predicted molar refractivity (Wildman–Crippen MR) is 93.5 cm³/mol. The van der Waals surface area contributed by atoms with Crippen molar-refractivity contribution in [3.63, 3.8) is 0 Å². The Morgan fingerprint density at radius 2 is 1.48 bits per heavy atom. The third-order valence-electron chi connectivity index (χ3n) is 4.66. The summed E-state index contributed by atoms with van der Waals surface area (Å²) in [6.07, 6.45) is 2.71. The van der Waals surface area contributed by atoms with Crippen molar-refractivity contribution in [3.05, 3.63) is 71.3 Å². The number of unbranched alkanes of at least 4 members (excludes halogenated alkanes) is 1. The van der Waals surface area contributed by atoms with E-state index in [1.165, 1.54) is 24.3 Å². The molecule has 2 aromatic rings. The van der Waals surface area contributed by atoms with Crippen LogP contribution in [-0.4, -0.2) is 30.6 Å². The summed E-state index contributed by atoms with van der Waals surface area (Å²) >= 11 is 0. The Bertz CT molecular complexity index is 655. The SMILES string of the molecule is O=C1NCCN1CCCCC(c1ccc(F)cc1)c1ccc(F)cc1. The van der Waals surface area contributed by atoms with E-state index in [9.17, 15) is 13.6 Å². The molecule has 132 valence electrons. The van der Waals surface area contributed by atoms with Gasteiger partial charge in [0.2, 0.25) is 0 Å². The molecule has 1 N–H and O–H groups in total. The zero-order chi connectivity index (χ0) is 17.6. The molecule has 5 heteroatoms. The molecule has 1 aliphatic heterocycles. The van der Waals surface area contributed by atoms with Crippen LogP contribution in [0.4, 0.5) is 13.6 Å². The maximum absolute atomic E-state index is 13.2. The molecule has 0 unspecified atom stereocenters. The highest BCUT2D eigenvalue weighted by atomic mass is 19.1. The van der Waals surface area contributed by atoms with Gasteiger partial charge in [-0.3, -0.25) is 0 Å². The molecule has 0 atom stereocenters. The minimum Gasteiger partial charge on any atom is -0.336 e. The number of nitrogens with zero attached hydrogens (tertiary/aromatic N) is 1. The van der Waals surface area contributed by atoms with E-state index in [2.05, 4.69) is 5.32 Å². The topological polar surface area (TPSA) is 32.3 Å². The number of amides is 2. The first-order chi connectivity index (χ1) is 12.1. The smallest absolute Gasteiger partial charge is 0.317 e. The van der Waals surface area contributed by atoms with E-state index in [0.717, 1.165) is 43.5 Å². The molecule has 2 aromatic carbocycles. The summed E-state index contributed by atoms with van der Waals surface area (Å²) in [5.74, 6) is -0.433. The van der Waals surface area contributed by atoms with Crippen molar-refractivity contribution in [1.29, 1.82) is 0 Å². The van der Waals surface area contributed by atoms with Gasteiger partial charge >= 0.3 is 6.03 Å². The second-order valence-electron chi connectivity index (χ2n) is 6.37. The van der Waals surface area contributed by atoms with Crippen LogP contribution in [0.3, 0.4) is 0 Å². The summed E-state index contributed by atoms with van der Waals surface area (Å²) in [4.78, 5) is 13.4. The molecule has 1 fully saturated rings. The van der Waals surface area contributed by atoms with Crippen molar-refractivity contribution < 1.29 is 13.6 Å². The molecule has 1 aliphatic rings. The lowest BCUT2D eigenvalue weighted by atomic mass is 9.87. The third-order valence-corrected chi connectivity index (χ3v) is 4.66. The quantitative estimate of drug-likeness (QED) is 0.747. The maximum atomic E-state index is 13.2. The molecule has 2 amide bonds. The van der Waals surface area contributed by atoms with Crippen molar-refractivity contribution >= 4 is 6.03 Å². The minimum atomic E-state index is -0.262. The highest BCUT2D eigenvalue weighted by Crippen LogP contribution is 2.30.